The van der Waals surface area contributed by atoms with Gasteiger partial charge in [-0.2, -0.15) is 0 Å². The maximum atomic E-state index is 13.0. The van der Waals surface area contributed by atoms with Crippen molar-refractivity contribution in [3.63, 3.8) is 0 Å². The van der Waals surface area contributed by atoms with Crippen molar-refractivity contribution in [1.29, 1.82) is 0 Å². The molecule has 2 N–H and O–H groups in total. The fourth-order valence-corrected chi connectivity index (χ4v) is 1.82. The second-order valence-corrected chi connectivity index (χ2v) is 4.90. The molecular formula is C14H20ClFN2O. The molecule has 1 aromatic carbocycles. The van der Waals surface area contributed by atoms with E-state index in [0.717, 1.165) is 19.3 Å². The number of rotatable bonds is 7. The Morgan fingerprint density at radius 2 is 2.16 bits per heavy atom. The molecule has 0 radical (unpaired) electrons. The van der Waals surface area contributed by atoms with E-state index in [1.54, 1.807) is 13.0 Å². The zero-order chi connectivity index (χ0) is 14.3. The summed E-state index contributed by atoms with van der Waals surface area (Å²) in [5, 5.41) is 5.88. The van der Waals surface area contributed by atoms with Gasteiger partial charge in [0.15, 0.2) is 0 Å². The minimum Gasteiger partial charge on any atom is -0.374 e. The number of unbranched alkanes of at least 4 members (excludes halogenated alkanes) is 2. The molecule has 0 aromatic heterocycles. The highest BCUT2D eigenvalue weighted by molar-refractivity contribution is 6.31. The van der Waals surface area contributed by atoms with Gasteiger partial charge in [-0.25, -0.2) is 4.39 Å². The Balaban J connectivity index is 2.42. The first-order valence-corrected chi connectivity index (χ1v) is 6.91. The summed E-state index contributed by atoms with van der Waals surface area (Å²) in [4.78, 5) is 11.8. The number of carbonyl (C=O) groups excluding carboxylic acids is 1. The van der Waals surface area contributed by atoms with Crippen LogP contribution in [0.4, 0.5) is 10.1 Å². The topological polar surface area (TPSA) is 41.1 Å². The van der Waals surface area contributed by atoms with E-state index in [1.807, 2.05) is 0 Å². The highest BCUT2D eigenvalue weighted by atomic mass is 35.5. The van der Waals surface area contributed by atoms with Crippen molar-refractivity contribution in [1.82, 2.24) is 5.32 Å². The van der Waals surface area contributed by atoms with E-state index in [2.05, 4.69) is 17.6 Å². The number of hydrogen-bond donors (Lipinski definition) is 2. The second kappa shape index (κ2) is 8.00. The van der Waals surface area contributed by atoms with Crippen LogP contribution in [0.3, 0.4) is 0 Å². The lowest BCUT2D eigenvalue weighted by molar-refractivity contribution is -0.121. The summed E-state index contributed by atoms with van der Waals surface area (Å²) in [5.41, 5.74) is 0.627. The Labute approximate surface area is 118 Å². The SMILES string of the molecule is CCCCCNC(=O)C(C)Nc1ccc(F)c(Cl)c1. The van der Waals surface area contributed by atoms with Crippen molar-refractivity contribution in [3.8, 4) is 0 Å². The van der Waals surface area contributed by atoms with Gasteiger partial charge in [-0.05, 0) is 31.5 Å². The van der Waals surface area contributed by atoms with Crippen molar-refractivity contribution >= 4 is 23.2 Å². The zero-order valence-electron chi connectivity index (χ0n) is 11.3. The van der Waals surface area contributed by atoms with Gasteiger partial charge in [0.1, 0.15) is 11.9 Å². The van der Waals surface area contributed by atoms with E-state index < -0.39 is 5.82 Å². The van der Waals surface area contributed by atoms with Gasteiger partial charge in [0, 0.05) is 12.2 Å². The van der Waals surface area contributed by atoms with Gasteiger partial charge < -0.3 is 10.6 Å². The Morgan fingerprint density at radius 3 is 2.79 bits per heavy atom. The highest BCUT2D eigenvalue weighted by Gasteiger charge is 2.12. The number of amides is 1. The maximum absolute atomic E-state index is 13.0. The Kier molecular flexibility index (Phi) is 6.64. The van der Waals surface area contributed by atoms with Crippen LogP contribution in [0.2, 0.25) is 5.02 Å². The molecular weight excluding hydrogens is 267 g/mol. The Morgan fingerprint density at radius 1 is 1.42 bits per heavy atom. The lowest BCUT2D eigenvalue weighted by Crippen LogP contribution is -2.38. The van der Waals surface area contributed by atoms with Crippen LogP contribution in [0.5, 0.6) is 0 Å². The van der Waals surface area contributed by atoms with Crippen LogP contribution in [0.15, 0.2) is 18.2 Å². The van der Waals surface area contributed by atoms with Gasteiger partial charge in [-0.3, -0.25) is 4.79 Å². The number of anilines is 1. The standard InChI is InChI=1S/C14H20ClFN2O/c1-3-4-5-8-17-14(19)10(2)18-11-6-7-13(16)12(15)9-11/h6-7,9-10,18H,3-5,8H2,1-2H3,(H,17,19). The lowest BCUT2D eigenvalue weighted by Gasteiger charge is -2.15. The van der Waals surface area contributed by atoms with Gasteiger partial charge in [0.25, 0.3) is 0 Å². The fourth-order valence-electron chi connectivity index (χ4n) is 1.64. The first-order valence-electron chi connectivity index (χ1n) is 6.54. The van der Waals surface area contributed by atoms with E-state index in [1.165, 1.54) is 12.1 Å². The number of halogens is 2. The van der Waals surface area contributed by atoms with Crippen LogP contribution in [0, 0.1) is 5.82 Å². The Bertz CT molecular complexity index is 426. The fraction of sp³-hybridized carbons (Fsp3) is 0.500. The molecule has 3 nitrogen and oxygen atoms in total. The van der Waals surface area contributed by atoms with E-state index in [9.17, 15) is 9.18 Å². The van der Waals surface area contributed by atoms with Crippen LogP contribution >= 0.6 is 11.6 Å². The normalized spacial score (nSPS) is 12.0. The van der Waals surface area contributed by atoms with Gasteiger partial charge in [0.05, 0.1) is 5.02 Å². The summed E-state index contributed by atoms with van der Waals surface area (Å²) in [6.07, 6.45) is 3.21. The molecule has 1 atom stereocenters. The molecule has 1 aromatic rings. The quantitative estimate of drug-likeness (QED) is 0.752. The van der Waals surface area contributed by atoms with Crippen molar-refractivity contribution in [2.24, 2.45) is 0 Å². The minimum atomic E-state index is -0.469. The van der Waals surface area contributed by atoms with Crippen molar-refractivity contribution in [2.45, 2.75) is 39.2 Å². The first kappa shape index (κ1) is 15.8. The first-order chi connectivity index (χ1) is 9.04. The number of benzene rings is 1. The third-order valence-electron chi connectivity index (χ3n) is 2.78. The van der Waals surface area contributed by atoms with Gasteiger partial charge in [0.2, 0.25) is 5.91 Å². The average molecular weight is 287 g/mol. The predicted molar refractivity (Wildman–Crippen MR) is 77.0 cm³/mol. The van der Waals surface area contributed by atoms with Crippen LogP contribution in [-0.2, 0) is 4.79 Å². The molecule has 0 spiro atoms. The molecule has 0 saturated carbocycles. The number of hydrogen-bond acceptors (Lipinski definition) is 2. The Hall–Kier alpha value is -1.29. The number of nitrogens with one attached hydrogen (secondary N) is 2. The molecule has 5 heteroatoms. The van der Waals surface area contributed by atoms with Crippen LogP contribution in [-0.4, -0.2) is 18.5 Å². The highest BCUT2D eigenvalue weighted by Crippen LogP contribution is 2.19. The summed E-state index contributed by atoms with van der Waals surface area (Å²) in [6, 6.07) is 3.92. The van der Waals surface area contributed by atoms with E-state index in [0.29, 0.717) is 12.2 Å². The molecule has 19 heavy (non-hydrogen) atoms. The monoisotopic (exact) mass is 286 g/mol. The van der Waals surface area contributed by atoms with Crippen molar-refractivity contribution < 1.29 is 9.18 Å². The third kappa shape index (κ3) is 5.47. The minimum absolute atomic E-state index is 0.0422. The predicted octanol–water partition coefficient (Wildman–Crippen LogP) is 3.59. The second-order valence-electron chi connectivity index (χ2n) is 4.49. The van der Waals surface area contributed by atoms with Crippen molar-refractivity contribution in [3.05, 3.63) is 29.0 Å². The van der Waals surface area contributed by atoms with Crippen molar-refractivity contribution in [2.75, 3.05) is 11.9 Å². The maximum Gasteiger partial charge on any atom is 0.242 e. The molecule has 0 bridgehead atoms. The summed E-state index contributed by atoms with van der Waals surface area (Å²) in [7, 11) is 0. The molecule has 0 heterocycles. The molecule has 0 aliphatic rings. The molecule has 106 valence electrons. The molecule has 0 aliphatic carbocycles. The molecule has 1 unspecified atom stereocenters. The van der Waals surface area contributed by atoms with Gasteiger partial charge >= 0.3 is 0 Å². The molecule has 0 saturated heterocycles. The van der Waals surface area contributed by atoms with E-state index >= 15 is 0 Å². The molecule has 1 rings (SSSR count). The number of carbonyl (C=O) groups is 1. The molecule has 1 amide bonds. The average Bonchev–Trinajstić information content (AvgIpc) is 2.38. The molecule has 0 aliphatic heterocycles. The molecule has 0 fully saturated rings. The van der Waals surface area contributed by atoms with Gasteiger partial charge in [-0.15, -0.1) is 0 Å². The summed E-state index contributed by atoms with van der Waals surface area (Å²) in [6.45, 7) is 4.56. The largest absolute Gasteiger partial charge is 0.374 e. The van der Waals surface area contributed by atoms with Gasteiger partial charge in [-0.1, -0.05) is 31.4 Å². The smallest absolute Gasteiger partial charge is 0.242 e. The summed E-state index contributed by atoms with van der Waals surface area (Å²) < 4.78 is 13.0. The summed E-state index contributed by atoms with van der Waals surface area (Å²) in [5.74, 6) is -0.541. The summed E-state index contributed by atoms with van der Waals surface area (Å²) >= 11 is 5.68. The van der Waals surface area contributed by atoms with Crippen LogP contribution < -0.4 is 10.6 Å². The van der Waals surface area contributed by atoms with Crippen LogP contribution in [0.1, 0.15) is 33.1 Å². The van der Waals surface area contributed by atoms with E-state index in [-0.39, 0.29) is 17.0 Å². The van der Waals surface area contributed by atoms with Crippen LogP contribution in [0.25, 0.3) is 0 Å². The zero-order valence-corrected chi connectivity index (χ0v) is 12.1. The lowest BCUT2D eigenvalue weighted by atomic mass is 10.2. The van der Waals surface area contributed by atoms with E-state index in [4.69, 9.17) is 11.6 Å². The third-order valence-corrected chi connectivity index (χ3v) is 3.07.